The van der Waals surface area contributed by atoms with Gasteiger partial charge in [0.15, 0.2) is 0 Å². The third-order valence-corrected chi connectivity index (χ3v) is 6.87. The normalized spacial score (nSPS) is 11.5. The van der Waals surface area contributed by atoms with Gasteiger partial charge in [-0.1, -0.05) is 44.7 Å². The van der Waals surface area contributed by atoms with Gasteiger partial charge in [-0.15, -0.1) is 16.9 Å². The van der Waals surface area contributed by atoms with Crippen molar-refractivity contribution in [1.82, 2.24) is 14.3 Å². The monoisotopic (exact) mass is 504 g/mol. The van der Waals surface area contributed by atoms with E-state index in [4.69, 9.17) is 4.74 Å². The number of esters is 1. The molecule has 0 spiro atoms. The van der Waals surface area contributed by atoms with E-state index in [2.05, 4.69) is 29.5 Å². The maximum atomic E-state index is 12.8. The second kappa shape index (κ2) is 14.1. The van der Waals surface area contributed by atoms with E-state index in [0.717, 1.165) is 43.4 Å². The van der Waals surface area contributed by atoms with Gasteiger partial charge < -0.3 is 10.1 Å². The van der Waals surface area contributed by atoms with Crippen LogP contribution in [-0.2, 0) is 29.5 Å². The Labute approximate surface area is 212 Å². The molecule has 0 fully saturated rings. The van der Waals surface area contributed by atoms with Crippen LogP contribution in [0.4, 0.5) is 5.82 Å². The molecule has 0 atom stereocenters. The summed E-state index contributed by atoms with van der Waals surface area (Å²) in [5.74, 6) is -0.00340. The molecule has 0 bridgehead atoms. The highest BCUT2D eigenvalue weighted by atomic mass is 32.2. The first-order valence-corrected chi connectivity index (χ1v) is 13.4. The Hall–Kier alpha value is -2.55. The SMILES string of the molecule is CCCCCCCn1c(=O)c(NCCCc2ccc(SC(C)(C)C(=O)OCC)cc2)nn(C)c1=O. The van der Waals surface area contributed by atoms with E-state index < -0.39 is 4.75 Å². The molecule has 0 amide bonds. The minimum Gasteiger partial charge on any atom is -0.465 e. The predicted molar refractivity (Wildman–Crippen MR) is 142 cm³/mol. The van der Waals surface area contributed by atoms with Gasteiger partial charge in [0, 0.05) is 25.0 Å². The number of rotatable bonds is 15. The molecule has 1 heterocycles. The summed E-state index contributed by atoms with van der Waals surface area (Å²) in [6, 6.07) is 8.14. The first-order chi connectivity index (χ1) is 16.7. The molecule has 0 saturated heterocycles. The molecule has 1 N–H and O–H groups in total. The fraction of sp³-hybridized carbons (Fsp3) is 0.615. The van der Waals surface area contributed by atoms with Crippen LogP contribution in [0.15, 0.2) is 38.8 Å². The van der Waals surface area contributed by atoms with Crippen LogP contribution in [0.5, 0.6) is 0 Å². The second-order valence-corrected chi connectivity index (χ2v) is 10.8. The zero-order chi connectivity index (χ0) is 25.8. The summed E-state index contributed by atoms with van der Waals surface area (Å²) in [6.45, 7) is 9.06. The van der Waals surface area contributed by atoms with E-state index in [1.807, 2.05) is 32.9 Å². The lowest BCUT2D eigenvalue weighted by atomic mass is 10.1. The van der Waals surface area contributed by atoms with E-state index in [-0.39, 0.29) is 23.0 Å². The van der Waals surface area contributed by atoms with Gasteiger partial charge in [0.05, 0.1) is 6.61 Å². The number of carbonyl (C=O) groups is 1. The van der Waals surface area contributed by atoms with Gasteiger partial charge in [-0.25, -0.2) is 9.48 Å². The zero-order valence-electron chi connectivity index (χ0n) is 21.8. The Morgan fingerprint density at radius 2 is 1.74 bits per heavy atom. The van der Waals surface area contributed by atoms with E-state index in [9.17, 15) is 14.4 Å². The fourth-order valence-electron chi connectivity index (χ4n) is 3.67. The number of hydrogen-bond acceptors (Lipinski definition) is 7. The van der Waals surface area contributed by atoms with E-state index in [1.54, 1.807) is 7.05 Å². The highest BCUT2D eigenvalue weighted by Crippen LogP contribution is 2.33. The number of benzene rings is 1. The van der Waals surface area contributed by atoms with Crippen molar-refractivity contribution in [2.45, 2.75) is 88.8 Å². The molecule has 35 heavy (non-hydrogen) atoms. The Bertz CT molecular complexity index is 1060. The van der Waals surface area contributed by atoms with Crippen molar-refractivity contribution in [1.29, 1.82) is 0 Å². The lowest BCUT2D eigenvalue weighted by Crippen LogP contribution is -2.41. The summed E-state index contributed by atoms with van der Waals surface area (Å²) in [6.07, 6.45) is 6.89. The van der Waals surface area contributed by atoms with Gasteiger partial charge in [-0.3, -0.25) is 14.2 Å². The number of aromatic nitrogens is 3. The molecule has 1 aromatic carbocycles. The van der Waals surface area contributed by atoms with Crippen molar-refractivity contribution in [2.75, 3.05) is 18.5 Å². The molecule has 9 heteroatoms. The molecule has 0 aliphatic rings. The first kappa shape index (κ1) is 28.7. The van der Waals surface area contributed by atoms with Crippen molar-refractivity contribution in [3.8, 4) is 0 Å². The smallest absolute Gasteiger partial charge is 0.347 e. The number of nitrogens with zero attached hydrogens (tertiary/aromatic N) is 3. The largest absolute Gasteiger partial charge is 0.465 e. The third kappa shape index (κ3) is 8.87. The number of ether oxygens (including phenoxy) is 1. The topological polar surface area (TPSA) is 95.2 Å². The van der Waals surface area contributed by atoms with Gasteiger partial charge in [0.25, 0.3) is 5.56 Å². The van der Waals surface area contributed by atoms with Gasteiger partial charge in [0.2, 0.25) is 5.82 Å². The summed E-state index contributed by atoms with van der Waals surface area (Å²) in [7, 11) is 1.57. The minimum absolute atomic E-state index is 0.216. The first-order valence-electron chi connectivity index (χ1n) is 12.6. The Balaban J connectivity index is 1.88. The number of hydrogen-bond donors (Lipinski definition) is 1. The molecule has 0 radical (unpaired) electrons. The van der Waals surface area contributed by atoms with E-state index in [1.165, 1.54) is 33.0 Å². The summed E-state index contributed by atoms with van der Waals surface area (Å²) in [5.41, 5.74) is 0.442. The number of unbranched alkanes of at least 4 members (excludes halogenated alkanes) is 4. The van der Waals surface area contributed by atoms with Gasteiger partial charge in [-0.2, -0.15) is 0 Å². The van der Waals surface area contributed by atoms with Gasteiger partial charge >= 0.3 is 11.7 Å². The Kier molecular flexibility index (Phi) is 11.6. The van der Waals surface area contributed by atoms with Crippen LogP contribution in [-0.4, -0.2) is 38.2 Å². The molecule has 0 aliphatic carbocycles. The van der Waals surface area contributed by atoms with Crippen LogP contribution in [0, 0.1) is 0 Å². The molecule has 1 aromatic heterocycles. The Morgan fingerprint density at radius 1 is 1.06 bits per heavy atom. The van der Waals surface area contributed by atoms with Crippen molar-refractivity contribution >= 4 is 23.5 Å². The number of thioether (sulfide) groups is 1. The third-order valence-electron chi connectivity index (χ3n) is 5.69. The van der Waals surface area contributed by atoms with Crippen molar-refractivity contribution in [3.05, 3.63) is 50.7 Å². The standard InChI is InChI=1S/C26H40N4O4S/c1-6-8-9-10-11-19-30-23(31)22(28-29(5)25(30)33)27-18-12-13-20-14-16-21(17-15-20)35-26(3,4)24(32)34-7-2/h14-17H,6-13,18-19H2,1-5H3,(H,27,28). The highest BCUT2D eigenvalue weighted by Gasteiger charge is 2.30. The van der Waals surface area contributed by atoms with Crippen LogP contribution >= 0.6 is 11.8 Å². The average molecular weight is 505 g/mol. The number of carbonyl (C=O) groups excluding carboxylic acids is 1. The summed E-state index contributed by atoms with van der Waals surface area (Å²) in [4.78, 5) is 38.2. The lowest BCUT2D eigenvalue weighted by molar-refractivity contribution is -0.145. The molecular formula is C26H40N4O4S. The summed E-state index contributed by atoms with van der Waals surface area (Å²) in [5, 5.41) is 7.24. The molecule has 2 aromatic rings. The van der Waals surface area contributed by atoms with E-state index >= 15 is 0 Å². The molecule has 0 unspecified atom stereocenters. The van der Waals surface area contributed by atoms with Crippen LogP contribution < -0.4 is 16.6 Å². The highest BCUT2D eigenvalue weighted by molar-refractivity contribution is 8.01. The number of nitrogens with one attached hydrogen (secondary N) is 1. The van der Waals surface area contributed by atoms with Crippen LogP contribution in [0.3, 0.4) is 0 Å². The molecule has 0 aliphatic heterocycles. The van der Waals surface area contributed by atoms with Crippen LogP contribution in [0.1, 0.15) is 71.8 Å². The minimum atomic E-state index is -0.646. The summed E-state index contributed by atoms with van der Waals surface area (Å²) < 4.78 is 7.02. The van der Waals surface area contributed by atoms with E-state index in [0.29, 0.717) is 19.7 Å². The maximum absolute atomic E-state index is 12.8. The van der Waals surface area contributed by atoms with Crippen molar-refractivity contribution < 1.29 is 9.53 Å². The van der Waals surface area contributed by atoms with Crippen LogP contribution in [0.25, 0.3) is 0 Å². The molecule has 0 saturated carbocycles. The predicted octanol–water partition coefficient (Wildman–Crippen LogP) is 4.39. The fourth-order valence-corrected chi connectivity index (χ4v) is 4.67. The Morgan fingerprint density at radius 3 is 2.40 bits per heavy atom. The average Bonchev–Trinajstić information content (AvgIpc) is 2.82. The molecule has 194 valence electrons. The zero-order valence-corrected chi connectivity index (χ0v) is 22.6. The summed E-state index contributed by atoms with van der Waals surface area (Å²) >= 11 is 1.48. The van der Waals surface area contributed by atoms with Gasteiger partial charge in [-0.05, 0) is 57.7 Å². The lowest BCUT2D eigenvalue weighted by Gasteiger charge is -2.21. The number of anilines is 1. The van der Waals surface area contributed by atoms with Crippen molar-refractivity contribution in [2.24, 2.45) is 7.05 Å². The number of aryl methyl sites for hydroxylation is 2. The van der Waals surface area contributed by atoms with Gasteiger partial charge in [0.1, 0.15) is 4.75 Å². The molecular weight excluding hydrogens is 464 g/mol. The maximum Gasteiger partial charge on any atom is 0.347 e. The van der Waals surface area contributed by atoms with Crippen molar-refractivity contribution in [3.63, 3.8) is 0 Å². The molecule has 2 rings (SSSR count). The van der Waals surface area contributed by atoms with Crippen LogP contribution in [0.2, 0.25) is 0 Å². The molecule has 8 nitrogen and oxygen atoms in total. The quantitative estimate of drug-likeness (QED) is 0.218. The second-order valence-electron chi connectivity index (χ2n) is 9.13.